The molecule has 1 atom stereocenters. The third-order valence-electron chi connectivity index (χ3n) is 3.25. The molecule has 24 heavy (non-hydrogen) atoms. The van der Waals surface area contributed by atoms with Crippen LogP contribution in [0, 0.1) is 15.9 Å². The van der Waals surface area contributed by atoms with Gasteiger partial charge in [-0.15, -0.1) is 0 Å². The summed E-state index contributed by atoms with van der Waals surface area (Å²) in [6, 6.07) is 5.31. The molecule has 2 aromatic carbocycles. The first-order valence-electron chi connectivity index (χ1n) is 6.60. The van der Waals surface area contributed by atoms with E-state index >= 15 is 0 Å². The number of halogens is 4. The van der Waals surface area contributed by atoms with Crippen LogP contribution in [0.1, 0.15) is 28.9 Å². The summed E-state index contributed by atoms with van der Waals surface area (Å²) in [5, 5.41) is 13.7. The van der Waals surface area contributed by atoms with E-state index in [9.17, 15) is 19.3 Å². The highest BCUT2D eigenvalue weighted by molar-refractivity contribution is 6.35. The molecule has 9 heteroatoms. The Hall–Kier alpha value is -1.89. The molecule has 0 heterocycles. The number of hydrogen-bond donors (Lipinski definition) is 1. The number of nitrogens with zero attached hydrogens (tertiary/aromatic N) is 1. The molecule has 126 valence electrons. The predicted molar refractivity (Wildman–Crippen MR) is 90.4 cm³/mol. The molecular formula is C15H10Cl3FN2O3. The predicted octanol–water partition coefficient (Wildman–Crippen LogP) is 5.19. The molecule has 1 unspecified atom stereocenters. The summed E-state index contributed by atoms with van der Waals surface area (Å²) in [6.07, 6.45) is 0. The van der Waals surface area contributed by atoms with Gasteiger partial charge in [-0.1, -0.05) is 34.8 Å². The SMILES string of the molecule is CC(NC(=O)c1ccc(Cl)cc1[N+](=O)[O-])c1cc(F)c(Cl)cc1Cl. The lowest BCUT2D eigenvalue weighted by Gasteiger charge is -2.16. The van der Waals surface area contributed by atoms with Crippen LogP contribution in [0.2, 0.25) is 15.1 Å². The van der Waals surface area contributed by atoms with E-state index in [4.69, 9.17) is 34.8 Å². The summed E-state index contributed by atoms with van der Waals surface area (Å²) >= 11 is 17.3. The lowest BCUT2D eigenvalue weighted by atomic mass is 10.1. The van der Waals surface area contributed by atoms with Gasteiger partial charge in [0.15, 0.2) is 0 Å². The first-order valence-corrected chi connectivity index (χ1v) is 7.73. The van der Waals surface area contributed by atoms with Crippen LogP contribution in [-0.4, -0.2) is 10.8 Å². The maximum atomic E-state index is 13.6. The second-order valence-corrected chi connectivity index (χ2v) is 6.15. The molecule has 2 aromatic rings. The minimum atomic E-state index is -0.711. The number of amides is 1. The van der Waals surface area contributed by atoms with Crippen molar-refractivity contribution < 1.29 is 14.1 Å². The summed E-state index contributed by atoms with van der Waals surface area (Å²) in [6.45, 7) is 1.56. The maximum Gasteiger partial charge on any atom is 0.283 e. The minimum Gasteiger partial charge on any atom is -0.345 e. The van der Waals surface area contributed by atoms with Crippen molar-refractivity contribution in [2.75, 3.05) is 0 Å². The zero-order chi connectivity index (χ0) is 18.0. The van der Waals surface area contributed by atoms with Crippen molar-refractivity contribution in [2.45, 2.75) is 13.0 Å². The Morgan fingerprint density at radius 3 is 2.50 bits per heavy atom. The quantitative estimate of drug-likeness (QED) is 0.443. The van der Waals surface area contributed by atoms with E-state index in [-0.39, 0.29) is 20.6 Å². The molecule has 0 aliphatic carbocycles. The Bertz CT molecular complexity index is 830. The normalized spacial score (nSPS) is 11.9. The summed E-state index contributed by atoms with van der Waals surface area (Å²) < 4.78 is 13.6. The highest BCUT2D eigenvalue weighted by Gasteiger charge is 2.23. The van der Waals surface area contributed by atoms with Gasteiger partial charge in [0.25, 0.3) is 11.6 Å². The van der Waals surface area contributed by atoms with E-state index in [2.05, 4.69) is 5.32 Å². The Morgan fingerprint density at radius 1 is 1.21 bits per heavy atom. The topological polar surface area (TPSA) is 72.2 Å². The zero-order valence-electron chi connectivity index (χ0n) is 12.1. The molecule has 0 aliphatic rings. The number of nitro benzene ring substituents is 1. The Labute approximate surface area is 151 Å². The molecule has 0 aromatic heterocycles. The highest BCUT2D eigenvalue weighted by atomic mass is 35.5. The van der Waals surface area contributed by atoms with Crippen molar-refractivity contribution in [3.8, 4) is 0 Å². The smallest absolute Gasteiger partial charge is 0.283 e. The van der Waals surface area contributed by atoms with Gasteiger partial charge in [-0.3, -0.25) is 14.9 Å². The highest BCUT2D eigenvalue weighted by Crippen LogP contribution is 2.29. The van der Waals surface area contributed by atoms with Crippen molar-refractivity contribution in [2.24, 2.45) is 0 Å². The van der Waals surface area contributed by atoms with Crippen LogP contribution in [0.4, 0.5) is 10.1 Å². The molecule has 0 aliphatic heterocycles. The molecule has 2 rings (SSSR count). The Balaban J connectivity index is 2.30. The Kier molecular flexibility index (Phi) is 5.64. The lowest BCUT2D eigenvalue weighted by molar-refractivity contribution is -0.385. The van der Waals surface area contributed by atoms with Gasteiger partial charge in [0.2, 0.25) is 0 Å². The van der Waals surface area contributed by atoms with Crippen LogP contribution >= 0.6 is 34.8 Å². The summed E-state index contributed by atoms with van der Waals surface area (Å²) in [5.74, 6) is -1.40. The molecular weight excluding hydrogens is 382 g/mol. The second-order valence-electron chi connectivity index (χ2n) is 4.90. The van der Waals surface area contributed by atoms with Crippen LogP contribution in [0.25, 0.3) is 0 Å². The molecule has 0 saturated carbocycles. The van der Waals surface area contributed by atoms with Crippen molar-refractivity contribution in [1.82, 2.24) is 5.32 Å². The van der Waals surface area contributed by atoms with Crippen LogP contribution in [-0.2, 0) is 0 Å². The number of benzene rings is 2. The first-order chi connectivity index (χ1) is 11.2. The molecule has 0 saturated heterocycles. The van der Waals surface area contributed by atoms with E-state index in [0.717, 1.165) is 12.1 Å². The second kappa shape index (κ2) is 7.34. The number of hydrogen-bond acceptors (Lipinski definition) is 3. The summed E-state index contributed by atoms with van der Waals surface area (Å²) in [7, 11) is 0. The van der Waals surface area contributed by atoms with E-state index in [1.54, 1.807) is 6.92 Å². The van der Waals surface area contributed by atoms with Gasteiger partial charge >= 0.3 is 0 Å². The van der Waals surface area contributed by atoms with Gasteiger partial charge in [0.1, 0.15) is 11.4 Å². The zero-order valence-corrected chi connectivity index (χ0v) is 14.4. The third-order valence-corrected chi connectivity index (χ3v) is 4.11. The number of rotatable bonds is 4. The number of nitro groups is 1. The largest absolute Gasteiger partial charge is 0.345 e. The molecule has 0 fully saturated rings. The van der Waals surface area contributed by atoms with Gasteiger partial charge < -0.3 is 5.32 Å². The van der Waals surface area contributed by atoms with E-state index in [1.807, 2.05) is 0 Å². The van der Waals surface area contributed by atoms with Crippen molar-refractivity contribution in [1.29, 1.82) is 0 Å². The standard InChI is InChI=1S/C15H10Cl3FN2O3/c1-7(10-5-13(19)12(18)6-11(10)17)20-15(22)9-3-2-8(16)4-14(9)21(23)24/h2-7H,1H3,(H,20,22). The average molecular weight is 392 g/mol. The van der Waals surface area contributed by atoms with Crippen molar-refractivity contribution in [3.05, 3.63) is 72.5 Å². The molecule has 1 N–H and O–H groups in total. The van der Waals surface area contributed by atoms with Crippen LogP contribution in [0.15, 0.2) is 30.3 Å². The molecule has 5 nitrogen and oxygen atoms in total. The van der Waals surface area contributed by atoms with Crippen LogP contribution < -0.4 is 5.32 Å². The molecule has 0 radical (unpaired) electrons. The van der Waals surface area contributed by atoms with Crippen molar-refractivity contribution in [3.63, 3.8) is 0 Å². The fourth-order valence-electron chi connectivity index (χ4n) is 2.07. The molecule has 0 spiro atoms. The summed E-state index contributed by atoms with van der Waals surface area (Å²) in [4.78, 5) is 22.7. The third kappa shape index (κ3) is 3.95. The van der Waals surface area contributed by atoms with E-state index in [0.29, 0.717) is 5.56 Å². The number of nitrogens with one attached hydrogen (secondary N) is 1. The monoisotopic (exact) mass is 390 g/mol. The fraction of sp³-hybridized carbons (Fsp3) is 0.133. The van der Waals surface area contributed by atoms with Gasteiger partial charge in [-0.2, -0.15) is 0 Å². The van der Waals surface area contributed by atoms with E-state index in [1.165, 1.54) is 18.2 Å². The molecule has 0 bridgehead atoms. The van der Waals surface area contributed by atoms with Gasteiger partial charge in [0, 0.05) is 16.1 Å². The maximum absolute atomic E-state index is 13.6. The number of carbonyl (C=O) groups is 1. The fourth-order valence-corrected chi connectivity index (χ4v) is 2.78. The van der Waals surface area contributed by atoms with Crippen LogP contribution in [0.3, 0.4) is 0 Å². The summed E-state index contributed by atoms with van der Waals surface area (Å²) in [5.41, 5.74) is -0.300. The molecule has 1 amide bonds. The average Bonchev–Trinajstić information content (AvgIpc) is 2.50. The number of carbonyl (C=O) groups excluding carboxylic acids is 1. The van der Waals surface area contributed by atoms with Gasteiger partial charge in [-0.05, 0) is 36.8 Å². The van der Waals surface area contributed by atoms with Gasteiger partial charge in [-0.25, -0.2) is 4.39 Å². The van der Waals surface area contributed by atoms with Gasteiger partial charge in [0.05, 0.1) is 16.0 Å². The van der Waals surface area contributed by atoms with Crippen LogP contribution in [0.5, 0.6) is 0 Å². The lowest BCUT2D eigenvalue weighted by Crippen LogP contribution is -2.27. The minimum absolute atomic E-state index is 0.133. The Morgan fingerprint density at radius 2 is 1.88 bits per heavy atom. The van der Waals surface area contributed by atoms with E-state index < -0.39 is 28.4 Å². The first kappa shape index (κ1) is 18.4. The van der Waals surface area contributed by atoms with Crippen molar-refractivity contribution >= 4 is 46.4 Å².